The molecule has 0 unspecified atom stereocenters. The molecule has 6 heteroatoms. The molecule has 0 aliphatic heterocycles. The second-order valence-electron chi connectivity index (χ2n) is 5.65. The second-order valence-corrected chi connectivity index (χ2v) is 5.65. The molecular weight excluding hydrogens is 272 g/mol. The highest BCUT2D eigenvalue weighted by atomic mass is 16.4. The fourth-order valence-electron chi connectivity index (χ4n) is 2.82. The first-order valence-corrected chi connectivity index (χ1v) is 7.43. The van der Waals surface area contributed by atoms with Crippen LogP contribution in [0.3, 0.4) is 0 Å². The van der Waals surface area contributed by atoms with Gasteiger partial charge in [-0.15, -0.1) is 0 Å². The van der Waals surface area contributed by atoms with Gasteiger partial charge in [0.1, 0.15) is 17.7 Å². The Bertz CT molecular complexity index is 504. The van der Waals surface area contributed by atoms with E-state index in [2.05, 4.69) is 5.32 Å². The minimum absolute atomic E-state index is 0.154. The summed E-state index contributed by atoms with van der Waals surface area (Å²) in [4.78, 5) is 22.9. The maximum Gasteiger partial charge on any atom is 0.225 e. The van der Waals surface area contributed by atoms with Crippen molar-refractivity contribution < 1.29 is 19.1 Å². The lowest BCUT2D eigenvalue weighted by atomic mass is 9.86. The molecule has 0 bridgehead atoms. The number of nitrogens with two attached hydrogens (primary N) is 1. The number of aromatic hydroxyl groups is 1. The standard InChI is InChI=1S/C15H22N2O4/c16-13(19)8-12-15(11(18)9-21-12)17-14(20)7-6-10-4-2-1-3-5-10/h9-10,18H,1-8H2,(H2,16,19)(H,17,20). The van der Waals surface area contributed by atoms with Gasteiger partial charge in [-0.25, -0.2) is 0 Å². The summed E-state index contributed by atoms with van der Waals surface area (Å²) in [5, 5.41) is 12.3. The van der Waals surface area contributed by atoms with E-state index >= 15 is 0 Å². The number of hydrogen-bond donors (Lipinski definition) is 3. The summed E-state index contributed by atoms with van der Waals surface area (Å²) in [6, 6.07) is 0. The first-order valence-electron chi connectivity index (χ1n) is 7.43. The van der Waals surface area contributed by atoms with Crippen LogP contribution < -0.4 is 11.1 Å². The average Bonchev–Trinajstić information content (AvgIpc) is 2.78. The fourth-order valence-corrected chi connectivity index (χ4v) is 2.82. The number of nitrogens with one attached hydrogen (secondary N) is 1. The van der Waals surface area contributed by atoms with Crippen molar-refractivity contribution in [3.63, 3.8) is 0 Å². The SMILES string of the molecule is NC(=O)Cc1occ(O)c1NC(=O)CCC1CCCCC1. The maximum absolute atomic E-state index is 12.0. The highest BCUT2D eigenvalue weighted by Crippen LogP contribution is 2.31. The molecule has 21 heavy (non-hydrogen) atoms. The average molecular weight is 294 g/mol. The van der Waals surface area contributed by atoms with Gasteiger partial charge < -0.3 is 20.6 Å². The topological polar surface area (TPSA) is 106 Å². The molecule has 6 nitrogen and oxygen atoms in total. The van der Waals surface area contributed by atoms with Crippen LogP contribution in [0.5, 0.6) is 5.75 Å². The quantitative estimate of drug-likeness (QED) is 0.748. The molecule has 116 valence electrons. The Labute approximate surface area is 123 Å². The predicted octanol–water partition coefficient (Wildman–Crippen LogP) is 2.31. The van der Waals surface area contributed by atoms with Crippen molar-refractivity contribution in [3.8, 4) is 5.75 Å². The smallest absolute Gasteiger partial charge is 0.225 e. The van der Waals surface area contributed by atoms with Gasteiger partial charge >= 0.3 is 0 Å². The summed E-state index contributed by atoms with van der Waals surface area (Å²) < 4.78 is 5.04. The Hall–Kier alpha value is -1.98. The largest absolute Gasteiger partial charge is 0.503 e. The molecule has 0 aromatic carbocycles. The van der Waals surface area contributed by atoms with Crippen LogP contribution in [0.25, 0.3) is 0 Å². The zero-order chi connectivity index (χ0) is 15.2. The van der Waals surface area contributed by atoms with E-state index in [-0.39, 0.29) is 29.5 Å². The van der Waals surface area contributed by atoms with Gasteiger partial charge in [0.05, 0.1) is 6.42 Å². The van der Waals surface area contributed by atoms with Gasteiger partial charge in [0.25, 0.3) is 0 Å². The van der Waals surface area contributed by atoms with Crippen LogP contribution in [-0.2, 0) is 16.0 Å². The molecule has 1 saturated carbocycles. The predicted molar refractivity (Wildman–Crippen MR) is 77.7 cm³/mol. The Morgan fingerprint density at radius 2 is 2.05 bits per heavy atom. The van der Waals surface area contributed by atoms with Gasteiger partial charge in [-0.2, -0.15) is 0 Å². The van der Waals surface area contributed by atoms with E-state index in [0.717, 1.165) is 12.7 Å². The van der Waals surface area contributed by atoms with Crippen molar-refractivity contribution >= 4 is 17.5 Å². The lowest BCUT2D eigenvalue weighted by Crippen LogP contribution is -2.17. The lowest BCUT2D eigenvalue weighted by molar-refractivity contribution is -0.118. The summed E-state index contributed by atoms with van der Waals surface area (Å²) in [6.07, 6.45) is 8.38. The van der Waals surface area contributed by atoms with Gasteiger partial charge in [0.15, 0.2) is 5.75 Å². The van der Waals surface area contributed by atoms with Crippen molar-refractivity contribution in [2.24, 2.45) is 11.7 Å². The number of rotatable bonds is 6. The summed E-state index contributed by atoms with van der Waals surface area (Å²) in [5.74, 6) is -0.138. The number of hydrogen-bond acceptors (Lipinski definition) is 4. The first-order chi connectivity index (χ1) is 10.1. The molecule has 1 aliphatic rings. The minimum atomic E-state index is -0.581. The molecule has 1 fully saturated rings. The molecule has 1 aromatic heterocycles. The Balaban J connectivity index is 1.87. The molecule has 1 aromatic rings. The van der Waals surface area contributed by atoms with Crippen LogP contribution in [0.4, 0.5) is 5.69 Å². The van der Waals surface area contributed by atoms with E-state index in [4.69, 9.17) is 10.2 Å². The van der Waals surface area contributed by atoms with E-state index in [0.29, 0.717) is 12.3 Å². The molecule has 0 saturated heterocycles. The van der Waals surface area contributed by atoms with Crippen LogP contribution >= 0.6 is 0 Å². The van der Waals surface area contributed by atoms with E-state index in [1.807, 2.05) is 0 Å². The van der Waals surface area contributed by atoms with Crippen LogP contribution in [0.2, 0.25) is 0 Å². The minimum Gasteiger partial charge on any atom is -0.503 e. The van der Waals surface area contributed by atoms with Gasteiger partial charge in [0, 0.05) is 6.42 Å². The first kappa shape index (κ1) is 15.4. The van der Waals surface area contributed by atoms with Crippen molar-refractivity contribution in [1.29, 1.82) is 0 Å². The zero-order valence-corrected chi connectivity index (χ0v) is 12.1. The van der Waals surface area contributed by atoms with Gasteiger partial charge in [-0.05, 0) is 12.3 Å². The molecule has 2 amide bonds. The molecule has 1 heterocycles. The third-order valence-electron chi connectivity index (χ3n) is 3.95. The van der Waals surface area contributed by atoms with Gasteiger partial charge in [-0.3, -0.25) is 9.59 Å². The van der Waals surface area contributed by atoms with Crippen LogP contribution in [0.1, 0.15) is 50.7 Å². The van der Waals surface area contributed by atoms with Gasteiger partial charge in [0.2, 0.25) is 11.8 Å². The highest BCUT2D eigenvalue weighted by Gasteiger charge is 2.19. The molecule has 1 aliphatic carbocycles. The summed E-state index contributed by atoms with van der Waals surface area (Å²) in [5.41, 5.74) is 5.25. The number of anilines is 1. The molecule has 0 radical (unpaired) electrons. The van der Waals surface area contributed by atoms with Crippen molar-refractivity contribution in [2.75, 3.05) is 5.32 Å². The normalized spacial score (nSPS) is 15.8. The molecule has 4 N–H and O–H groups in total. The Morgan fingerprint density at radius 1 is 1.33 bits per heavy atom. The molecule has 2 rings (SSSR count). The van der Waals surface area contributed by atoms with Crippen molar-refractivity contribution in [3.05, 3.63) is 12.0 Å². The van der Waals surface area contributed by atoms with Crippen LogP contribution in [-0.4, -0.2) is 16.9 Å². The van der Waals surface area contributed by atoms with Gasteiger partial charge in [-0.1, -0.05) is 32.1 Å². The Morgan fingerprint density at radius 3 is 2.71 bits per heavy atom. The third-order valence-corrected chi connectivity index (χ3v) is 3.95. The van der Waals surface area contributed by atoms with E-state index in [1.165, 1.54) is 32.1 Å². The zero-order valence-electron chi connectivity index (χ0n) is 12.1. The summed E-state index contributed by atoms with van der Waals surface area (Å²) in [7, 11) is 0. The third kappa shape index (κ3) is 4.51. The molecule has 0 spiro atoms. The number of primary amides is 1. The second kappa shape index (κ2) is 7.15. The molecule has 0 atom stereocenters. The van der Waals surface area contributed by atoms with E-state index < -0.39 is 5.91 Å². The van der Waals surface area contributed by atoms with E-state index in [1.54, 1.807) is 0 Å². The number of amides is 2. The summed E-state index contributed by atoms with van der Waals surface area (Å²) in [6.45, 7) is 0. The van der Waals surface area contributed by atoms with Crippen molar-refractivity contribution in [2.45, 2.75) is 51.4 Å². The fraction of sp³-hybridized carbons (Fsp3) is 0.600. The maximum atomic E-state index is 12.0. The van der Waals surface area contributed by atoms with Crippen LogP contribution in [0, 0.1) is 5.92 Å². The highest BCUT2D eigenvalue weighted by molar-refractivity contribution is 5.93. The number of carbonyl (C=O) groups excluding carboxylic acids is 2. The Kier molecular flexibility index (Phi) is 5.25. The molecular formula is C15H22N2O4. The number of furan rings is 1. The van der Waals surface area contributed by atoms with Crippen LogP contribution in [0.15, 0.2) is 10.7 Å². The monoisotopic (exact) mass is 294 g/mol. The number of carbonyl (C=O) groups is 2. The summed E-state index contributed by atoms with van der Waals surface area (Å²) >= 11 is 0. The van der Waals surface area contributed by atoms with Crippen molar-refractivity contribution in [1.82, 2.24) is 0 Å². The lowest BCUT2D eigenvalue weighted by Gasteiger charge is -2.20. The van der Waals surface area contributed by atoms with E-state index in [9.17, 15) is 14.7 Å².